The lowest BCUT2D eigenvalue weighted by molar-refractivity contribution is -0.391. The number of benzene rings is 1. The predicted molar refractivity (Wildman–Crippen MR) is 104 cm³/mol. The van der Waals surface area contributed by atoms with Crippen molar-refractivity contribution in [3.05, 3.63) is 63.8 Å². The number of piperidine rings is 1. The van der Waals surface area contributed by atoms with Crippen molar-refractivity contribution >= 4 is 17.3 Å². The Hall–Kier alpha value is -2.96. The summed E-state index contributed by atoms with van der Waals surface area (Å²) >= 11 is 0. The zero-order valence-electron chi connectivity index (χ0n) is 15.4. The van der Waals surface area contributed by atoms with Crippen LogP contribution in [0.25, 0.3) is 5.65 Å². The second-order valence-electron chi connectivity index (χ2n) is 7.29. The number of rotatable bonds is 5. The normalized spacial score (nSPS) is 15.4. The van der Waals surface area contributed by atoms with E-state index in [0.717, 1.165) is 38.2 Å². The first-order chi connectivity index (χ1) is 13.1. The second-order valence-corrected chi connectivity index (χ2v) is 7.29. The zero-order valence-corrected chi connectivity index (χ0v) is 15.4. The molecule has 1 fully saturated rings. The highest BCUT2D eigenvalue weighted by Gasteiger charge is 2.23. The van der Waals surface area contributed by atoms with Crippen LogP contribution in [0.4, 0.5) is 11.6 Å². The molecule has 0 bridgehead atoms. The molecule has 0 atom stereocenters. The molecule has 2 aromatic heterocycles. The van der Waals surface area contributed by atoms with Crippen molar-refractivity contribution in [1.29, 1.82) is 0 Å². The molecule has 0 radical (unpaired) electrons. The molecule has 0 aliphatic carbocycles. The van der Waals surface area contributed by atoms with Crippen molar-refractivity contribution in [3.8, 4) is 0 Å². The van der Waals surface area contributed by atoms with Crippen molar-refractivity contribution in [1.82, 2.24) is 14.6 Å². The first kappa shape index (κ1) is 17.5. The highest BCUT2D eigenvalue weighted by Crippen LogP contribution is 2.26. The number of anilines is 1. The van der Waals surface area contributed by atoms with Gasteiger partial charge in [0.05, 0.1) is 0 Å². The van der Waals surface area contributed by atoms with Gasteiger partial charge < -0.3 is 15.0 Å². The number of imidazole rings is 1. The van der Waals surface area contributed by atoms with Gasteiger partial charge in [-0.05, 0) is 55.1 Å². The third kappa shape index (κ3) is 3.77. The van der Waals surface area contributed by atoms with E-state index in [2.05, 4.69) is 46.2 Å². The molecule has 0 spiro atoms. The van der Waals surface area contributed by atoms with E-state index in [1.54, 1.807) is 6.07 Å². The number of nitrogens with zero attached hydrogens (tertiary/aromatic N) is 5. The summed E-state index contributed by atoms with van der Waals surface area (Å²) in [5, 5.41) is 15.6. The maximum atomic E-state index is 11.1. The summed E-state index contributed by atoms with van der Waals surface area (Å²) < 4.78 is 1.32. The van der Waals surface area contributed by atoms with Gasteiger partial charge in [0.15, 0.2) is 5.82 Å². The van der Waals surface area contributed by atoms with E-state index in [1.165, 1.54) is 28.3 Å². The topological polar surface area (TPSA) is 76.6 Å². The zero-order chi connectivity index (χ0) is 18.8. The van der Waals surface area contributed by atoms with Crippen LogP contribution in [0.1, 0.15) is 30.4 Å². The summed E-state index contributed by atoms with van der Waals surface area (Å²) in [5.74, 6) is 1.40. The van der Waals surface area contributed by atoms with E-state index in [0.29, 0.717) is 11.6 Å². The van der Waals surface area contributed by atoms with Crippen molar-refractivity contribution in [2.75, 3.05) is 18.0 Å². The number of fused-ring (bicyclic) bond motifs is 1. The fourth-order valence-electron chi connectivity index (χ4n) is 3.72. The fraction of sp³-hybridized carbons (Fsp3) is 0.400. The molecule has 3 aromatic rings. The molecule has 7 heteroatoms. The Morgan fingerprint density at radius 3 is 2.59 bits per heavy atom. The van der Waals surface area contributed by atoms with Crippen molar-refractivity contribution in [3.63, 3.8) is 0 Å². The molecule has 1 aromatic carbocycles. The number of aryl methyl sites for hydroxylation is 2. The van der Waals surface area contributed by atoms with Gasteiger partial charge in [0.2, 0.25) is 5.65 Å². The van der Waals surface area contributed by atoms with Gasteiger partial charge in [0, 0.05) is 19.2 Å². The first-order valence-electron chi connectivity index (χ1n) is 9.40. The molecule has 4 rings (SSSR count). The van der Waals surface area contributed by atoms with Gasteiger partial charge in [-0.2, -0.15) is 0 Å². The summed E-state index contributed by atoms with van der Waals surface area (Å²) in [6, 6.07) is 12.5. The number of aromatic nitrogens is 3. The maximum absolute atomic E-state index is 11.1. The van der Waals surface area contributed by atoms with Crippen LogP contribution in [0.15, 0.2) is 42.6 Å². The molecule has 1 aliphatic heterocycles. The number of hydrogen-bond acceptors (Lipinski definition) is 5. The summed E-state index contributed by atoms with van der Waals surface area (Å²) in [4.78, 5) is 16.9. The van der Waals surface area contributed by atoms with Crippen LogP contribution in [-0.4, -0.2) is 32.6 Å². The van der Waals surface area contributed by atoms with Gasteiger partial charge in [-0.15, -0.1) is 0 Å². The summed E-state index contributed by atoms with van der Waals surface area (Å²) in [6.45, 7) is 3.97. The van der Waals surface area contributed by atoms with E-state index in [1.807, 2.05) is 6.07 Å². The highest BCUT2D eigenvalue weighted by molar-refractivity contribution is 5.49. The van der Waals surface area contributed by atoms with Gasteiger partial charge in [-0.3, -0.25) is 0 Å². The summed E-state index contributed by atoms with van der Waals surface area (Å²) in [6.07, 6.45) is 5.82. The van der Waals surface area contributed by atoms with E-state index in [-0.39, 0.29) is 5.82 Å². The highest BCUT2D eigenvalue weighted by atomic mass is 16.6. The molecule has 140 valence electrons. The van der Waals surface area contributed by atoms with E-state index < -0.39 is 4.92 Å². The molecule has 27 heavy (non-hydrogen) atoms. The van der Waals surface area contributed by atoms with Crippen molar-refractivity contribution in [2.45, 2.75) is 32.6 Å². The molecule has 0 N–H and O–H groups in total. The van der Waals surface area contributed by atoms with Gasteiger partial charge in [0.25, 0.3) is 0 Å². The van der Waals surface area contributed by atoms with E-state index in [4.69, 9.17) is 0 Å². The molecule has 3 heterocycles. The van der Waals surface area contributed by atoms with Gasteiger partial charge in [-0.25, -0.2) is 4.98 Å². The van der Waals surface area contributed by atoms with Crippen LogP contribution < -0.4 is 4.90 Å². The molecule has 1 saturated heterocycles. The van der Waals surface area contributed by atoms with Crippen LogP contribution in [0.2, 0.25) is 0 Å². The Balaban J connectivity index is 1.37. The quantitative estimate of drug-likeness (QED) is 0.508. The Morgan fingerprint density at radius 2 is 1.89 bits per heavy atom. The Labute approximate surface area is 157 Å². The predicted octanol–water partition coefficient (Wildman–Crippen LogP) is 3.80. The van der Waals surface area contributed by atoms with Crippen LogP contribution in [-0.2, 0) is 6.42 Å². The summed E-state index contributed by atoms with van der Waals surface area (Å²) in [7, 11) is 0. The SMILES string of the molecule is Cc1ccc(CCC2CCN(c3ccc4ncc([N+](=O)[O-])n4n3)CC2)cc1. The molecule has 1 aliphatic rings. The molecule has 0 amide bonds. The molecule has 7 nitrogen and oxygen atoms in total. The number of hydrogen-bond donors (Lipinski definition) is 0. The van der Waals surface area contributed by atoms with Gasteiger partial charge in [0.1, 0.15) is 6.20 Å². The lowest BCUT2D eigenvalue weighted by Crippen LogP contribution is -2.34. The minimum absolute atomic E-state index is 0.0974. The number of nitro groups is 1. The lowest BCUT2D eigenvalue weighted by atomic mass is 9.90. The Bertz CT molecular complexity index is 943. The second kappa shape index (κ2) is 7.34. The van der Waals surface area contributed by atoms with Crippen LogP contribution in [0, 0.1) is 23.0 Å². The maximum Gasteiger partial charge on any atom is 0.368 e. The lowest BCUT2D eigenvalue weighted by Gasteiger charge is -2.32. The van der Waals surface area contributed by atoms with Crippen LogP contribution >= 0.6 is 0 Å². The molecular weight excluding hydrogens is 342 g/mol. The minimum atomic E-state index is -0.450. The average molecular weight is 365 g/mol. The van der Waals surface area contributed by atoms with Crippen molar-refractivity contribution < 1.29 is 4.92 Å². The van der Waals surface area contributed by atoms with Crippen molar-refractivity contribution in [2.24, 2.45) is 5.92 Å². The van der Waals surface area contributed by atoms with E-state index >= 15 is 0 Å². The van der Waals surface area contributed by atoms with Gasteiger partial charge in [-0.1, -0.05) is 39.4 Å². The van der Waals surface area contributed by atoms with Crippen LogP contribution in [0.3, 0.4) is 0 Å². The third-order valence-corrected chi connectivity index (χ3v) is 5.42. The molecule has 0 saturated carbocycles. The average Bonchev–Trinajstić information content (AvgIpc) is 3.11. The van der Waals surface area contributed by atoms with Crippen LogP contribution in [0.5, 0.6) is 0 Å². The summed E-state index contributed by atoms with van der Waals surface area (Å²) in [5.41, 5.74) is 3.20. The van der Waals surface area contributed by atoms with E-state index in [9.17, 15) is 10.1 Å². The third-order valence-electron chi connectivity index (χ3n) is 5.42. The molecule has 0 unspecified atom stereocenters. The smallest absolute Gasteiger partial charge is 0.358 e. The largest absolute Gasteiger partial charge is 0.368 e. The Morgan fingerprint density at radius 1 is 1.15 bits per heavy atom. The fourth-order valence-corrected chi connectivity index (χ4v) is 3.72. The molecular formula is C20H23N5O2. The van der Waals surface area contributed by atoms with Gasteiger partial charge >= 0.3 is 5.82 Å². The Kier molecular flexibility index (Phi) is 4.75. The standard InChI is InChI=1S/C20H23N5O2/c1-15-2-4-16(5-3-15)6-7-17-10-12-23(13-11-17)19-9-8-18-21-14-20(25(26)27)24(18)22-19/h2-5,8-9,14,17H,6-7,10-13H2,1H3. The monoisotopic (exact) mass is 365 g/mol. The minimum Gasteiger partial charge on any atom is -0.358 e. The first-order valence-corrected chi connectivity index (χ1v) is 9.40.